The lowest BCUT2D eigenvalue weighted by Crippen LogP contribution is -2.35. The SMILES string of the molecule is COc1ccc(CC(=O)N2C[C@@]3(C(=O)O)C[C@@]3(C(=O)O)C2)cc1. The quantitative estimate of drug-likeness (QED) is 0.825. The van der Waals surface area contributed by atoms with Gasteiger partial charge in [-0.1, -0.05) is 12.1 Å². The number of carboxylic acid groups (broad SMARTS) is 2. The summed E-state index contributed by atoms with van der Waals surface area (Å²) in [5, 5.41) is 18.7. The number of aliphatic carboxylic acids is 2. The van der Waals surface area contributed by atoms with Crippen LogP contribution in [0.1, 0.15) is 12.0 Å². The van der Waals surface area contributed by atoms with Crippen molar-refractivity contribution in [3.63, 3.8) is 0 Å². The summed E-state index contributed by atoms with van der Waals surface area (Å²) in [7, 11) is 1.55. The van der Waals surface area contributed by atoms with Crippen molar-refractivity contribution in [3.8, 4) is 5.75 Å². The lowest BCUT2D eigenvalue weighted by Gasteiger charge is -2.20. The van der Waals surface area contributed by atoms with Gasteiger partial charge in [-0.15, -0.1) is 0 Å². The summed E-state index contributed by atoms with van der Waals surface area (Å²) in [5.74, 6) is -1.86. The summed E-state index contributed by atoms with van der Waals surface area (Å²) in [5.41, 5.74) is -1.88. The van der Waals surface area contributed by atoms with Gasteiger partial charge in [0.2, 0.25) is 5.91 Å². The average Bonchev–Trinajstić information content (AvgIpc) is 3.06. The van der Waals surface area contributed by atoms with E-state index < -0.39 is 22.8 Å². The number of nitrogens with zero attached hydrogens (tertiary/aromatic N) is 1. The third-order valence-electron chi connectivity index (χ3n) is 5.00. The van der Waals surface area contributed by atoms with Gasteiger partial charge in [0.15, 0.2) is 0 Å². The molecule has 0 aromatic heterocycles. The zero-order valence-electron chi connectivity index (χ0n) is 12.6. The topological polar surface area (TPSA) is 104 Å². The number of hydrogen-bond acceptors (Lipinski definition) is 4. The molecule has 1 heterocycles. The lowest BCUT2D eigenvalue weighted by atomic mass is 9.97. The second kappa shape index (κ2) is 4.97. The normalized spacial score (nSPS) is 28.1. The molecule has 23 heavy (non-hydrogen) atoms. The van der Waals surface area contributed by atoms with Crippen molar-refractivity contribution < 1.29 is 29.3 Å². The number of carboxylic acids is 2. The summed E-state index contributed by atoms with van der Waals surface area (Å²) in [6.07, 6.45) is 0.201. The Balaban J connectivity index is 1.72. The largest absolute Gasteiger partial charge is 0.497 e. The number of fused-ring (bicyclic) bond motifs is 1. The molecule has 1 aliphatic heterocycles. The lowest BCUT2D eigenvalue weighted by molar-refractivity contribution is -0.151. The highest BCUT2D eigenvalue weighted by atomic mass is 16.5. The van der Waals surface area contributed by atoms with E-state index in [-0.39, 0.29) is 31.8 Å². The molecule has 3 rings (SSSR count). The third-order valence-corrected chi connectivity index (χ3v) is 5.00. The maximum atomic E-state index is 12.4. The van der Waals surface area contributed by atoms with Gasteiger partial charge < -0.3 is 19.8 Å². The molecule has 0 bridgehead atoms. The third kappa shape index (κ3) is 2.15. The molecule has 2 N–H and O–H groups in total. The smallest absolute Gasteiger partial charge is 0.312 e. The molecule has 2 atom stereocenters. The number of methoxy groups -OCH3 is 1. The Kier molecular flexibility index (Phi) is 3.31. The van der Waals surface area contributed by atoms with E-state index in [1.54, 1.807) is 31.4 Å². The van der Waals surface area contributed by atoms with Gasteiger partial charge in [0.1, 0.15) is 16.6 Å². The van der Waals surface area contributed by atoms with Crippen LogP contribution in [0.5, 0.6) is 5.75 Å². The molecule has 1 saturated carbocycles. The fourth-order valence-electron chi connectivity index (χ4n) is 3.50. The van der Waals surface area contributed by atoms with E-state index in [0.29, 0.717) is 5.75 Å². The van der Waals surface area contributed by atoms with Crippen molar-refractivity contribution in [1.29, 1.82) is 0 Å². The van der Waals surface area contributed by atoms with Gasteiger partial charge in [0, 0.05) is 13.1 Å². The number of carbonyl (C=O) groups excluding carboxylic acids is 1. The number of carbonyl (C=O) groups is 3. The van der Waals surface area contributed by atoms with Gasteiger partial charge in [-0.3, -0.25) is 14.4 Å². The van der Waals surface area contributed by atoms with E-state index in [0.717, 1.165) is 5.56 Å². The maximum Gasteiger partial charge on any atom is 0.312 e. The number of rotatable bonds is 5. The van der Waals surface area contributed by atoms with Crippen molar-refractivity contribution in [2.45, 2.75) is 12.8 Å². The van der Waals surface area contributed by atoms with Crippen molar-refractivity contribution >= 4 is 17.8 Å². The fraction of sp³-hybridized carbons (Fsp3) is 0.438. The molecule has 1 aromatic carbocycles. The molecule has 0 spiro atoms. The van der Waals surface area contributed by atoms with Gasteiger partial charge in [-0.05, 0) is 24.1 Å². The minimum Gasteiger partial charge on any atom is -0.497 e. The molecular weight excluding hydrogens is 302 g/mol. The van der Waals surface area contributed by atoms with Crippen molar-refractivity contribution in [3.05, 3.63) is 29.8 Å². The van der Waals surface area contributed by atoms with Crippen LogP contribution in [0.15, 0.2) is 24.3 Å². The average molecular weight is 319 g/mol. The highest BCUT2D eigenvalue weighted by Crippen LogP contribution is 2.68. The molecular formula is C16H17NO6. The Morgan fingerprint density at radius 2 is 1.61 bits per heavy atom. The number of ether oxygens (including phenoxy) is 1. The Bertz CT molecular complexity index is 656. The molecule has 122 valence electrons. The second-order valence-electron chi connectivity index (χ2n) is 6.23. The Morgan fingerprint density at radius 3 is 2.04 bits per heavy atom. The van der Waals surface area contributed by atoms with Gasteiger partial charge in [-0.25, -0.2) is 0 Å². The molecule has 0 radical (unpaired) electrons. The number of likely N-dealkylation sites (tertiary alicyclic amines) is 1. The molecule has 7 nitrogen and oxygen atoms in total. The van der Waals surface area contributed by atoms with Crippen molar-refractivity contribution in [1.82, 2.24) is 4.90 Å². The predicted molar refractivity (Wildman–Crippen MR) is 78.0 cm³/mol. The minimum absolute atomic E-state index is 0.0381. The zero-order chi connectivity index (χ0) is 16.8. The van der Waals surface area contributed by atoms with Crippen LogP contribution in [0.4, 0.5) is 0 Å². The molecule has 2 aliphatic rings. The van der Waals surface area contributed by atoms with Crippen LogP contribution >= 0.6 is 0 Å². The summed E-state index contributed by atoms with van der Waals surface area (Å²) in [4.78, 5) is 36.6. The summed E-state index contributed by atoms with van der Waals surface area (Å²) in [6.45, 7) is -0.0761. The first-order valence-electron chi connectivity index (χ1n) is 7.22. The number of piperidine rings is 1. The van der Waals surface area contributed by atoms with Gasteiger partial charge in [0.25, 0.3) is 0 Å². The number of hydrogen-bond donors (Lipinski definition) is 2. The molecule has 1 amide bonds. The maximum absolute atomic E-state index is 12.4. The standard InChI is InChI=1S/C16H17NO6/c1-23-11-4-2-10(3-5-11)6-12(18)17-8-15(13(19)20)7-16(15,9-17)14(21)22/h2-5H,6-9H2,1H3,(H,19,20)(H,21,22)/t15-,16+. The second-order valence-corrected chi connectivity index (χ2v) is 6.23. The van der Waals surface area contributed by atoms with Gasteiger partial charge in [-0.2, -0.15) is 0 Å². The molecule has 1 aromatic rings. The van der Waals surface area contributed by atoms with E-state index >= 15 is 0 Å². The van der Waals surface area contributed by atoms with Crippen LogP contribution in [0, 0.1) is 10.8 Å². The fourth-order valence-corrected chi connectivity index (χ4v) is 3.50. The van der Waals surface area contributed by atoms with Crippen LogP contribution in [0.3, 0.4) is 0 Å². The Labute approximate surface area is 132 Å². The van der Waals surface area contributed by atoms with Crippen LogP contribution in [-0.2, 0) is 20.8 Å². The van der Waals surface area contributed by atoms with E-state index in [4.69, 9.17) is 4.74 Å². The molecule has 7 heteroatoms. The molecule has 0 unspecified atom stereocenters. The first-order chi connectivity index (χ1) is 10.8. The Hall–Kier alpha value is -2.57. The highest BCUT2D eigenvalue weighted by Gasteiger charge is 2.81. The van der Waals surface area contributed by atoms with E-state index in [1.165, 1.54) is 4.90 Å². The zero-order valence-corrected chi connectivity index (χ0v) is 12.6. The number of amides is 1. The van der Waals surface area contributed by atoms with Crippen molar-refractivity contribution in [2.75, 3.05) is 20.2 Å². The first-order valence-corrected chi connectivity index (χ1v) is 7.22. The van der Waals surface area contributed by atoms with Crippen LogP contribution in [0.25, 0.3) is 0 Å². The van der Waals surface area contributed by atoms with E-state index in [1.807, 2.05) is 0 Å². The summed E-state index contributed by atoms with van der Waals surface area (Å²) in [6, 6.07) is 6.99. The van der Waals surface area contributed by atoms with Gasteiger partial charge in [0.05, 0.1) is 13.5 Å². The minimum atomic E-state index is -1.32. The van der Waals surface area contributed by atoms with Crippen LogP contribution in [-0.4, -0.2) is 53.2 Å². The van der Waals surface area contributed by atoms with E-state index in [2.05, 4.69) is 0 Å². The van der Waals surface area contributed by atoms with E-state index in [9.17, 15) is 24.6 Å². The van der Waals surface area contributed by atoms with Crippen LogP contribution < -0.4 is 4.74 Å². The predicted octanol–water partition coefficient (Wildman–Crippen LogP) is 0.626. The molecule has 2 fully saturated rings. The highest BCUT2D eigenvalue weighted by molar-refractivity contribution is 5.96. The summed E-state index contributed by atoms with van der Waals surface area (Å²) < 4.78 is 5.05. The van der Waals surface area contributed by atoms with Gasteiger partial charge >= 0.3 is 11.9 Å². The van der Waals surface area contributed by atoms with Crippen LogP contribution in [0.2, 0.25) is 0 Å². The number of benzene rings is 1. The molecule has 1 saturated heterocycles. The van der Waals surface area contributed by atoms with Crippen molar-refractivity contribution in [2.24, 2.45) is 10.8 Å². The monoisotopic (exact) mass is 319 g/mol. The first kappa shape index (κ1) is 15.3. The summed E-state index contributed by atoms with van der Waals surface area (Å²) >= 11 is 0. The Morgan fingerprint density at radius 1 is 1.09 bits per heavy atom. The molecule has 1 aliphatic carbocycles.